The number of hydrogen-bond donors (Lipinski definition) is 2. The van der Waals surface area contributed by atoms with Crippen LogP contribution in [0.3, 0.4) is 0 Å². The summed E-state index contributed by atoms with van der Waals surface area (Å²) in [6.07, 6.45) is 2.83. The molecule has 0 unspecified atom stereocenters. The van der Waals surface area contributed by atoms with Crippen LogP contribution >= 0.6 is 0 Å². The average Bonchev–Trinajstić information content (AvgIpc) is 2.39. The van der Waals surface area contributed by atoms with Crippen molar-refractivity contribution in [1.82, 2.24) is 5.32 Å². The smallest absolute Gasteiger partial charge is 0.243 e. The summed E-state index contributed by atoms with van der Waals surface area (Å²) in [6.45, 7) is 2.89. The van der Waals surface area contributed by atoms with Crippen LogP contribution in [0.15, 0.2) is 0 Å². The third-order valence-electron chi connectivity index (χ3n) is 3.40. The van der Waals surface area contributed by atoms with E-state index in [2.05, 4.69) is 5.32 Å². The predicted molar refractivity (Wildman–Crippen MR) is 65.1 cm³/mol. The molecule has 2 heterocycles. The first-order valence-electron chi connectivity index (χ1n) is 6.57. The van der Waals surface area contributed by atoms with Gasteiger partial charge < -0.3 is 25.3 Å². The van der Waals surface area contributed by atoms with Crippen molar-refractivity contribution in [2.24, 2.45) is 5.73 Å². The maximum absolute atomic E-state index is 10.8. The van der Waals surface area contributed by atoms with Gasteiger partial charge in [0.2, 0.25) is 5.91 Å². The van der Waals surface area contributed by atoms with Gasteiger partial charge in [0, 0.05) is 25.9 Å². The van der Waals surface area contributed by atoms with Crippen LogP contribution in [-0.2, 0) is 19.0 Å². The summed E-state index contributed by atoms with van der Waals surface area (Å²) in [4.78, 5) is 10.8. The van der Waals surface area contributed by atoms with E-state index in [0.717, 1.165) is 32.5 Å². The number of carbonyl (C=O) groups excluding carboxylic acids is 1. The lowest BCUT2D eigenvalue weighted by atomic mass is 10.0. The Morgan fingerprint density at radius 2 is 1.94 bits per heavy atom. The van der Waals surface area contributed by atoms with Crippen LogP contribution in [0.2, 0.25) is 0 Å². The van der Waals surface area contributed by atoms with Gasteiger partial charge in [0.25, 0.3) is 0 Å². The van der Waals surface area contributed by atoms with E-state index < -0.39 is 5.91 Å². The van der Waals surface area contributed by atoms with Crippen LogP contribution in [0.1, 0.15) is 19.3 Å². The lowest BCUT2D eigenvalue weighted by molar-refractivity contribution is -0.128. The Labute approximate surface area is 107 Å². The summed E-state index contributed by atoms with van der Waals surface area (Å²) in [5.74, 6) is -0.425. The van der Waals surface area contributed by atoms with Gasteiger partial charge in [-0.3, -0.25) is 4.79 Å². The van der Waals surface area contributed by atoms with Crippen LogP contribution in [0.25, 0.3) is 0 Å². The fraction of sp³-hybridized carbons (Fsp3) is 0.917. The molecule has 2 atom stereocenters. The Bertz CT molecular complexity index is 269. The standard InChI is InChI=1S/C12H22N2O4/c13-12(15)8-18-11-3-6-17-7-10(11)14-9-1-4-16-5-2-9/h9-11,14H,1-8H2,(H2,13,15)/t10-,11+/m1/s1. The summed E-state index contributed by atoms with van der Waals surface area (Å²) in [7, 11) is 0. The van der Waals surface area contributed by atoms with Gasteiger partial charge in [0.15, 0.2) is 0 Å². The highest BCUT2D eigenvalue weighted by atomic mass is 16.5. The third kappa shape index (κ3) is 4.20. The molecule has 0 bridgehead atoms. The molecule has 0 aromatic heterocycles. The molecule has 6 nitrogen and oxygen atoms in total. The van der Waals surface area contributed by atoms with Crippen LogP contribution in [0.4, 0.5) is 0 Å². The maximum Gasteiger partial charge on any atom is 0.243 e. The molecule has 0 radical (unpaired) electrons. The molecule has 0 aromatic rings. The number of hydrogen-bond acceptors (Lipinski definition) is 5. The molecule has 6 heteroatoms. The second-order valence-corrected chi connectivity index (χ2v) is 4.84. The fourth-order valence-corrected chi connectivity index (χ4v) is 2.43. The minimum atomic E-state index is -0.425. The Morgan fingerprint density at radius 1 is 1.22 bits per heavy atom. The fourth-order valence-electron chi connectivity index (χ4n) is 2.43. The van der Waals surface area contributed by atoms with Gasteiger partial charge in [0.05, 0.1) is 18.8 Å². The molecule has 104 valence electrons. The Kier molecular flexibility index (Phi) is 5.37. The number of nitrogens with two attached hydrogens (primary N) is 1. The molecule has 2 fully saturated rings. The van der Waals surface area contributed by atoms with E-state index in [1.807, 2.05) is 0 Å². The molecule has 0 saturated carbocycles. The predicted octanol–water partition coefficient (Wildman–Crippen LogP) is -0.586. The monoisotopic (exact) mass is 258 g/mol. The first-order chi connectivity index (χ1) is 8.75. The second-order valence-electron chi connectivity index (χ2n) is 4.84. The number of amides is 1. The normalized spacial score (nSPS) is 30.2. The summed E-state index contributed by atoms with van der Waals surface area (Å²) >= 11 is 0. The molecule has 0 spiro atoms. The topological polar surface area (TPSA) is 82.8 Å². The van der Waals surface area contributed by atoms with Crippen molar-refractivity contribution in [2.45, 2.75) is 37.5 Å². The molecule has 2 aliphatic heterocycles. The Hall–Kier alpha value is -0.690. The van der Waals surface area contributed by atoms with Crippen LogP contribution < -0.4 is 11.1 Å². The van der Waals surface area contributed by atoms with Gasteiger partial charge in [-0.25, -0.2) is 0 Å². The van der Waals surface area contributed by atoms with Gasteiger partial charge in [-0.05, 0) is 19.3 Å². The zero-order chi connectivity index (χ0) is 12.8. The van der Waals surface area contributed by atoms with Crippen molar-refractivity contribution in [2.75, 3.05) is 33.0 Å². The van der Waals surface area contributed by atoms with E-state index in [0.29, 0.717) is 19.3 Å². The van der Waals surface area contributed by atoms with Crippen molar-refractivity contribution in [3.05, 3.63) is 0 Å². The quantitative estimate of drug-likeness (QED) is 0.689. The first kappa shape index (κ1) is 13.7. The lowest BCUT2D eigenvalue weighted by Crippen LogP contribution is -2.53. The zero-order valence-electron chi connectivity index (χ0n) is 10.6. The number of ether oxygens (including phenoxy) is 3. The molecular weight excluding hydrogens is 236 g/mol. The number of carbonyl (C=O) groups is 1. The molecule has 18 heavy (non-hydrogen) atoms. The van der Waals surface area contributed by atoms with Crippen molar-refractivity contribution in [3.8, 4) is 0 Å². The lowest BCUT2D eigenvalue weighted by Gasteiger charge is -2.35. The Morgan fingerprint density at radius 3 is 2.67 bits per heavy atom. The van der Waals surface area contributed by atoms with E-state index in [1.165, 1.54) is 0 Å². The number of primary amides is 1. The summed E-state index contributed by atoms with van der Waals surface area (Å²) in [6, 6.07) is 0.589. The molecule has 2 aliphatic rings. The molecular formula is C12H22N2O4. The highest BCUT2D eigenvalue weighted by Crippen LogP contribution is 2.15. The van der Waals surface area contributed by atoms with E-state index >= 15 is 0 Å². The molecule has 0 aliphatic carbocycles. The Balaban J connectivity index is 1.80. The molecule has 0 aromatic carbocycles. The van der Waals surface area contributed by atoms with Crippen LogP contribution in [-0.4, -0.2) is 57.1 Å². The second kappa shape index (κ2) is 7.04. The highest BCUT2D eigenvalue weighted by Gasteiger charge is 2.29. The van der Waals surface area contributed by atoms with Crippen molar-refractivity contribution in [3.63, 3.8) is 0 Å². The third-order valence-corrected chi connectivity index (χ3v) is 3.40. The average molecular weight is 258 g/mol. The van der Waals surface area contributed by atoms with Gasteiger partial charge in [-0.2, -0.15) is 0 Å². The highest BCUT2D eigenvalue weighted by molar-refractivity contribution is 5.75. The van der Waals surface area contributed by atoms with Crippen molar-refractivity contribution >= 4 is 5.91 Å². The van der Waals surface area contributed by atoms with Crippen molar-refractivity contribution in [1.29, 1.82) is 0 Å². The maximum atomic E-state index is 10.8. The molecule has 2 rings (SSSR count). The van der Waals surface area contributed by atoms with Crippen molar-refractivity contribution < 1.29 is 19.0 Å². The SMILES string of the molecule is NC(=O)CO[C@H]1CCOC[C@H]1NC1CCOCC1. The minimum absolute atomic E-state index is 0.00842. The molecule has 2 saturated heterocycles. The van der Waals surface area contributed by atoms with E-state index in [9.17, 15) is 4.79 Å². The number of nitrogens with one attached hydrogen (secondary N) is 1. The number of rotatable bonds is 5. The van der Waals surface area contributed by atoms with Crippen LogP contribution in [0.5, 0.6) is 0 Å². The van der Waals surface area contributed by atoms with Gasteiger partial charge in [-0.15, -0.1) is 0 Å². The molecule has 1 amide bonds. The van der Waals surface area contributed by atoms with E-state index in [-0.39, 0.29) is 18.8 Å². The minimum Gasteiger partial charge on any atom is -0.381 e. The first-order valence-corrected chi connectivity index (χ1v) is 6.57. The summed E-state index contributed by atoms with van der Waals surface area (Å²) < 4.78 is 16.4. The van der Waals surface area contributed by atoms with Gasteiger partial charge in [-0.1, -0.05) is 0 Å². The summed E-state index contributed by atoms with van der Waals surface area (Å²) in [5, 5.41) is 3.55. The zero-order valence-corrected chi connectivity index (χ0v) is 10.6. The van der Waals surface area contributed by atoms with E-state index in [1.54, 1.807) is 0 Å². The molecule has 3 N–H and O–H groups in total. The van der Waals surface area contributed by atoms with Gasteiger partial charge in [0.1, 0.15) is 6.61 Å². The summed E-state index contributed by atoms with van der Waals surface area (Å²) in [5.41, 5.74) is 5.11. The largest absolute Gasteiger partial charge is 0.381 e. The van der Waals surface area contributed by atoms with Gasteiger partial charge >= 0.3 is 0 Å². The van der Waals surface area contributed by atoms with E-state index in [4.69, 9.17) is 19.9 Å². The van der Waals surface area contributed by atoms with Crippen LogP contribution in [0, 0.1) is 0 Å².